The summed E-state index contributed by atoms with van der Waals surface area (Å²) in [7, 11) is 1.94. The molecule has 3 rings (SSSR count). The zero-order valence-corrected chi connectivity index (χ0v) is 13.2. The number of carbonyl (C=O) groups is 1. The summed E-state index contributed by atoms with van der Waals surface area (Å²) in [6.07, 6.45) is 6.11. The molecule has 1 amide bonds. The van der Waals surface area contributed by atoms with Gasteiger partial charge < -0.3 is 15.6 Å². The van der Waals surface area contributed by atoms with E-state index >= 15 is 0 Å². The second-order valence-corrected chi connectivity index (χ2v) is 5.43. The molecule has 0 aliphatic heterocycles. The number of nitrogen functional groups attached to an aromatic ring is 1. The predicted octanol–water partition coefficient (Wildman–Crippen LogP) is 2.36. The number of anilines is 1. The number of fused-ring (bicyclic) bond motifs is 1. The Hall–Kier alpha value is -2.89. The van der Waals surface area contributed by atoms with Crippen LogP contribution in [-0.2, 0) is 7.05 Å². The molecule has 118 valence electrons. The third-order valence-corrected chi connectivity index (χ3v) is 3.82. The Morgan fingerprint density at radius 2 is 2.13 bits per heavy atom. The first kappa shape index (κ1) is 15.0. The lowest BCUT2D eigenvalue weighted by molar-refractivity contribution is 0.0950. The molecule has 2 aromatic heterocycles. The van der Waals surface area contributed by atoms with Crippen molar-refractivity contribution >= 4 is 22.4 Å². The van der Waals surface area contributed by atoms with Crippen molar-refractivity contribution in [3.63, 3.8) is 0 Å². The van der Waals surface area contributed by atoms with Crippen molar-refractivity contribution in [2.45, 2.75) is 13.3 Å². The summed E-state index contributed by atoms with van der Waals surface area (Å²) >= 11 is 0. The molecular formula is C17H19N5O. The van der Waals surface area contributed by atoms with Gasteiger partial charge in [-0.15, -0.1) is 0 Å². The molecule has 1 aromatic carbocycles. The Balaban J connectivity index is 2.13. The molecule has 0 fully saturated rings. The minimum atomic E-state index is -0.239. The van der Waals surface area contributed by atoms with Crippen LogP contribution in [0.2, 0.25) is 0 Å². The normalized spacial score (nSPS) is 10.9. The lowest BCUT2D eigenvalue weighted by atomic mass is 10.0. The number of nitrogens with two attached hydrogens (primary N) is 1. The van der Waals surface area contributed by atoms with E-state index in [0.29, 0.717) is 12.2 Å². The fourth-order valence-electron chi connectivity index (χ4n) is 2.61. The number of nitrogens with zero attached hydrogens (tertiary/aromatic N) is 3. The summed E-state index contributed by atoms with van der Waals surface area (Å²) in [5, 5.41) is 4.53. The van der Waals surface area contributed by atoms with Crippen LogP contribution in [-0.4, -0.2) is 27.0 Å². The van der Waals surface area contributed by atoms with E-state index in [4.69, 9.17) is 5.73 Å². The number of amides is 1. The summed E-state index contributed by atoms with van der Waals surface area (Å²) in [6, 6.07) is 5.83. The molecule has 0 unspecified atom stereocenters. The first-order valence-corrected chi connectivity index (χ1v) is 7.55. The number of aromatic nitrogens is 3. The van der Waals surface area contributed by atoms with E-state index in [2.05, 4.69) is 15.3 Å². The Kier molecular flexibility index (Phi) is 3.97. The number of imidazole rings is 1. The van der Waals surface area contributed by atoms with Gasteiger partial charge in [0.1, 0.15) is 0 Å². The molecule has 3 N–H and O–H groups in total. The minimum Gasteiger partial charge on any atom is -0.396 e. The van der Waals surface area contributed by atoms with Gasteiger partial charge in [0.2, 0.25) is 0 Å². The number of hydrogen-bond acceptors (Lipinski definition) is 4. The lowest BCUT2D eigenvalue weighted by Crippen LogP contribution is -2.26. The molecule has 0 atom stereocenters. The van der Waals surface area contributed by atoms with Gasteiger partial charge in [-0.3, -0.25) is 4.79 Å². The van der Waals surface area contributed by atoms with E-state index < -0.39 is 0 Å². The molecule has 2 heterocycles. The van der Waals surface area contributed by atoms with Crippen LogP contribution in [0.4, 0.5) is 5.69 Å². The third kappa shape index (κ3) is 2.63. The predicted molar refractivity (Wildman–Crippen MR) is 91.0 cm³/mol. The molecule has 0 aliphatic carbocycles. The maximum absolute atomic E-state index is 12.2. The first-order chi connectivity index (χ1) is 11.1. The van der Waals surface area contributed by atoms with Crippen molar-refractivity contribution in [3.05, 3.63) is 42.6 Å². The monoisotopic (exact) mass is 309 g/mol. The number of carbonyl (C=O) groups excluding carboxylic acids is 1. The van der Waals surface area contributed by atoms with Crippen molar-refractivity contribution in [2.75, 3.05) is 12.3 Å². The highest BCUT2D eigenvalue weighted by atomic mass is 16.1. The van der Waals surface area contributed by atoms with Crippen molar-refractivity contribution in [2.24, 2.45) is 7.05 Å². The number of benzene rings is 1. The fraction of sp³-hybridized carbons (Fsp3) is 0.235. The third-order valence-electron chi connectivity index (χ3n) is 3.82. The van der Waals surface area contributed by atoms with Gasteiger partial charge in [-0.1, -0.05) is 25.1 Å². The number of hydrogen-bond donors (Lipinski definition) is 2. The van der Waals surface area contributed by atoms with Gasteiger partial charge in [-0.2, -0.15) is 0 Å². The van der Waals surface area contributed by atoms with Crippen molar-refractivity contribution < 1.29 is 4.79 Å². The van der Waals surface area contributed by atoms with Gasteiger partial charge in [-0.25, -0.2) is 9.97 Å². The molecule has 0 saturated heterocycles. The van der Waals surface area contributed by atoms with Crippen LogP contribution < -0.4 is 11.1 Å². The highest BCUT2D eigenvalue weighted by Gasteiger charge is 2.16. The lowest BCUT2D eigenvalue weighted by Gasteiger charge is -2.11. The Labute approximate surface area is 134 Å². The van der Waals surface area contributed by atoms with Crippen LogP contribution in [0.25, 0.3) is 22.0 Å². The van der Waals surface area contributed by atoms with E-state index in [1.165, 1.54) is 0 Å². The Morgan fingerprint density at radius 3 is 2.83 bits per heavy atom. The first-order valence-electron chi connectivity index (χ1n) is 7.55. The van der Waals surface area contributed by atoms with Gasteiger partial charge in [0, 0.05) is 36.1 Å². The minimum absolute atomic E-state index is 0.239. The fourth-order valence-corrected chi connectivity index (χ4v) is 2.61. The molecule has 0 saturated carbocycles. The molecule has 6 nitrogen and oxygen atoms in total. The quantitative estimate of drug-likeness (QED) is 0.774. The van der Waals surface area contributed by atoms with E-state index in [0.717, 1.165) is 28.5 Å². The van der Waals surface area contributed by atoms with Crippen LogP contribution in [0, 0.1) is 0 Å². The zero-order chi connectivity index (χ0) is 16.4. The van der Waals surface area contributed by atoms with Gasteiger partial charge in [0.25, 0.3) is 5.91 Å². The van der Waals surface area contributed by atoms with E-state index in [1.807, 2.05) is 36.7 Å². The second kappa shape index (κ2) is 6.08. The molecule has 0 bridgehead atoms. The van der Waals surface area contributed by atoms with Crippen LogP contribution in [0.1, 0.15) is 23.8 Å². The van der Waals surface area contributed by atoms with Crippen LogP contribution in [0.3, 0.4) is 0 Å². The number of aryl methyl sites for hydroxylation is 1. The largest absolute Gasteiger partial charge is 0.396 e. The molecule has 0 spiro atoms. The van der Waals surface area contributed by atoms with Crippen LogP contribution in [0.15, 0.2) is 36.9 Å². The van der Waals surface area contributed by atoms with Crippen molar-refractivity contribution in [1.82, 2.24) is 19.9 Å². The average molecular weight is 309 g/mol. The second-order valence-electron chi connectivity index (χ2n) is 5.43. The molecule has 0 aliphatic rings. The zero-order valence-electron chi connectivity index (χ0n) is 13.2. The SMILES string of the molecule is CCCNC(=O)c1ncc2c(-c3cncn3C)cccc2c1N. The molecule has 0 radical (unpaired) electrons. The van der Waals surface area contributed by atoms with E-state index in [1.54, 1.807) is 18.7 Å². The molecule has 23 heavy (non-hydrogen) atoms. The summed E-state index contributed by atoms with van der Waals surface area (Å²) in [4.78, 5) is 20.6. The smallest absolute Gasteiger partial charge is 0.272 e. The van der Waals surface area contributed by atoms with Crippen LogP contribution in [0.5, 0.6) is 0 Å². The maximum Gasteiger partial charge on any atom is 0.272 e. The highest BCUT2D eigenvalue weighted by molar-refractivity contribution is 6.08. The number of rotatable bonds is 4. The Morgan fingerprint density at radius 1 is 1.30 bits per heavy atom. The Bertz CT molecular complexity index is 869. The number of pyridine rings is 1. The number of nitrogens with one attached hydrogen (secondary N) is 1. The van der Waals surface area contributed by atoms with E-state index in [-0.39, 0.29) is 11.6 Å². The summed E-state index contributed by atoms with van der Waals surface area (Å²) < 4.78 is 1.94. The van der Waals surface area contributed by atoms with Crippen molar-refractivity contribution in [3.8, 4) is 11.3 Å². The molecular weight excluding hydrogens is 290 g/mol. The van der Waals surface area contributed by atoms with Gasteiger partial charge >= 0.3 is 0 Å². The van der Waals surface area contributed by atoms with Crippen molar-refractivity contribution in [1.29, 1.82) is 0 Å². The molecule has 6 heteroatoms. The average Bonchev–Trinajstić information content (AvgIpc) is 2.98. The van der Waals surface area contributed by atoms with Gasteiger partial charge in [0.05, 0.1) is 23.9 Å². The van der Waals surface area contributed by atoms with Gasteiger partial charge in [0.15, 0.2) is 5.69 Å². The summed E-state index contributed by atoms with van der Waals surface area (Å²) in [5.41, 5.74) is 8.84. The van der Waals surface area contributed by atoms with E-state index in [9.17, 15) is 4.79 Å². The maximum atomic E-state index is 12.2. The van der Waals surface area contributed by atoms with Crippen LogP contribution >= 0.6 is 0 Å². The highest BCUT2D eigenvalue weighted by Crippen LogP contribution is 2.31. The van der Waals surface area contributed by atoms with Gasteiger partial charge in [-0.05, 0) is 6.42 Å². The summed E-state index contributed by atoms with van der Waals surface area (Å²) in [5.74, 6) is -0.239. The topological polar surface area (TPSA) is 85.8 Å². The molecule has 3 aromatic rings. The standard InChI is InChI=1S/C17H19N5O/c1-3-7-20-17(23)16-15(18)12-6-4-5-11(13(12)8-21-16)14-9-19-10-22(14)2/h4-6,8-10H,3,7,18H2,1-2H3,(H,20,23). The summed E-state index contributed by atoms with van der Waals surface area (Å²) in [6.45, 7) is 2.60.